The lowest BCUT2D eigenvalue weighted by Gasteiger charge is -2.36. The second-order valence-electron chi connectivity index (χ2n) is 28.6. The molecule has 1 amide bonds. The van der Waals surface area contributed by atoms with E-state index in [1.165, 1.54) is 49.2 Å². The number of aliphatic hydroxyl groups excluding tert-OH is 1. The van der Waals surface area contributed by atoms with Crippen molar-refractivity contribution in [2.45, 2.75) is 64.9 Å². The van der Waals surface area contributed by atoms with E-state index in [0.29, 0.717) is 98.0 Å². The van der Waals surface area contributed by atoms with Crippen molar-refractivity contribution in [3.8, 4) is 33.4 Å². The van der Waals surface area contributed by atoms with Crippen LogP contribution in [0.5, 0.6) is 0 Å². The summed E-state index contributed by atoms with van der Waals surface area (Å²) in [6, 6.07) is 44.9. The third-order valence-electron chi connectivity index (χ3n) is 19.4. The van der Waals surface area contributed by atoms with E-state index in [2.05, 4.69) is 94.1 Å². The molecule has 4 saturated heterocycles. The largest absolute Gasteiger partial charge is 0.488 e. The van der Waals surface area contributed by atoms with Crippen LogP contribution in [0.4, 0.5) is 28.1 Å². The molecule has 0 saturated carbocycles. The molecule has 4 aliphatic rings. The van der Waals surface area contributed by atoms with Crippen LogP contribution in [-0.2, 0) is 23.8 Å². The van der Waals surface area contributed by atoms with Gasteiger partial charge in [-0.3, -0.25) is 0 Å². The highest BCUT2D eigenvalue weighted by Gasteiger charge is 2.30. The van der Waals surface area contributed by atoms with Gasteiger partial charge in [0.25, 0.3) is 0 Å². The van der Waals surface area contributed by atoms with Crippen molar-refractivity contribution in [2.24, 2.45) is 0 Å². The van der Waals surface area contributed by atoms with Crippen LogP contribution in [0.25, 0.3) is 77.0 Å². The van der Waals surface area contributed by atoms with Crippen LogP contribution in [0.1, 0.15) is 59.3 Å². The monoisotopic (exact) mass is 1970 g/mol. The molecule has 0 bridgehead atoms. The van der Waals surface area contributed by atoms with Crippen molar-refractivity contribution in [3.63, 3.8) is 0 Å². The number of ether oxygens (including phenoxy) is 1. The number of aromatic nitrogens is 8. The topological polar surface area (TPSA) is 278 Å². The third kappa shape index (κ3) is 27.4. The number of hydrogen-bond donors (Lipinski definition) is 3. The first-order valence-corrected chi connectivity index (χ1v) is 46.5. The van der Waals surface area contributed by atoms with E-state index >= 15 is 0 Å². The van der Waals surface area contributed by atoms with Gasteiger partial charge in [-0.05, 0) is 194 Å². The Balaban J connectivity index is 0.000000172. The van der Waals surface area contributed by atoms with E-state index in [1.807, 2.05) is 130 Å². The van der Waals surface area contributed by atoms with E-state index < -0.39 is 31.8 Å². The molecule has 0 radical (unpaired) electrons. The van der Waals surface area contributed by atoms with Gasteiger partial charge >= 0.3 is 13.2 Å². The number of carbonyl (C=O) groups is 1. The van der Waals surface area contributed by atoms with E-state index in [9.17, 15) is 21.6 Å². The fourth-order valence-electron chi connectivity index (χ4n) is 13.4. The van der Waals surface area contributed by atoms with Crippen LogP contribution in [0.3, 0.4) is 0 Å². The summed E-state index contributed by atoms with van der Waals surface area (Å²) < 4.78 is 51.5. The Bertz CT molecular complexity index is 5630. The van der Waals surface area contributed by atoms with Gasteiger partial charge in [-0.2, -0.15) is 4.31 Å². The zero-order valence-electron chi connectivity index (χ0n) is 66.6. The Morgan fingerprint density at radius 2 is 0.762 bits per heavy atom. The third-order valence-corrected chi connectivity index (χ3v) is 25.6. The van der Waals surface area contributed by atoms with Crippen LogP contribution >= 0.6 is 143 Å². The Morgan fingerprint density at radius 3 is 1.06 bits per heavy atom. The molecule has 4 fully saturated rings. The van der Waals surface area contributed by atoms with Gasteiger partial charge < -0.3 is 44.4 Å². The lowest BCUT2D eigenvalue weighted by atomic mass is 9.81. The fraction of sp³-hybridized carbons (Fsp3) is 0.298. The predicted octanol–water partition coefficient (Wildman–Crippen LogP) is 20.3. The van der Waals surface area contributed by atoms with Gasteiger partial charge in [0.15, 0.2) is 0 Å². The highest BCUT2D eigenvalue weighted by molar-refractivity contribution is 9.10. The molecule has 0 atom stereocenters. The number of alkyl halides is 1. The molecule has 23 nitrogen and oxygen atoms in total. The molecular weight excluding hydrogens is 1890 g/mol. The average Bonchev–Trinajstić information content (AvgIpc) is 0.790. The number of halogens is 12. The van der Waals surface area contributed by atoms with Crippen molar-refractivity contribution >= 4 is 248 Å². The van der Waals surface area contributed by atoms with Crippen molar-refractivity contribution in [1.82, 2.24) is 49.1 Å². The Hall–Kier alpha value is -7.20. The summed E-state index contributed by atoms with van der Waals surface area (Å²) in [4.78, 5) is 58.4. The number of piperazine rings is 2. The second-order valence-corrected chi connectivity index (χ2v) is 38.0. The summed E-state index contributed by atoms with van der Waals surface area (Å²) in [6.07, 6.45) is 13.5. The van der Waals surface area contributed by atoms with Crippen molar-refractivity contribution in [3.05, 3.63) is 228 Å². The number of amides is 1. The summed E-state index contributed by atoms with van der Waals surface area (Å²) >= 11 is 57.7. The van der Waals surface area contributed by atoms with Crippen molar-refractivity contribution in [1.29, 1.82) is 0 Å². The number of nitrogens with zero attached hydrogens (tertiary/aromatic N) is 14. The first kappa shape index (κ1) is 98.6. The van der Waals surface area contributed by atoms with Crippen molar-refractivity contribution in [2.75, 3.05) is 117 Å². The molecule has 0 unspecified atom stereocenters. The summed E-state index contributed by atoms with van der Waals surface area (Å²) in [5.74, 6) is 3.53. The number of hydrogen-bond acceptors (Lipinski definition) is 21. The van der Waals surface area contributed by atoms with Gasteiger partial charge in [0, 0.05) is 170 Å². The van der Waals surface area contributed by atoms with Crippen LogP contribution in [0.15, 0.2) is 187 Å². The maximum absolute atomic E-state index is 12.2. The Morgan fingerprint density at radius 1 is 0.459 bits per heavy atom. The van der Waals surface area contributed by atoms with Crippen LogP contribution in [0.2, 0.25) is 40.2 Å². The van der Waals surface area contributed by atoms with E-state index in [4.69, 9.17) is 135 Å². The number of aliphatic hydroxyl groups is 1. The molecule has 646 valence electrons. The molecule has 16 rings (SSSR count). The summed E-state index contributed by atoms with van der Waals surface area (Å²) in [6.45, 7) is 17.6. The number of benzene rings is 8. The SMILES string of the molecule is C=CS(=O)(=O)N1CCN(c2ncnc3cc(Cl)c(-c4ccc(Cl)cc4)cc23)CC1.CC(C)(C)OC(=O)N1CCN(c2ncnc3cc(Cl)c(Br)cc23)CC1.CO.Cl.Clc1ccc(-c2cc3c(N4CCCCC4)ncnc3cc2Cl)cc1.Clc1ccc(-c2cc3c(N4CCCCC4)ncnc3cc2Cl)cc1.O=S(=O)(Cl)CCCl.OB(O)c1ccc(Cl)cc1. The van der Waals surface area contributed by atoms with E-state index in [-0.39, 0.29) is 30.1 Å². The van der Waals surface area contributed by atoms with Gasteiger partial charge in [-0.25, -0.2) is 61.5 Å². The molecule has 4 aromatic heterocycles. The number of anilines is 4. The molecule has 4 aliphatic heterocycles. The molecule has 3 N–H and O–H groups in total. The Labute approximate surface area is 774 Å². The predicted molar refractivity (Wildman–Crippen MR) is 509 cm³/mol. The zero-order valence-corrected chi connectivity index (χ0v) is 78.2. The van der Waals surface area contributed by atoms with Crippen LogP contribution in [-0.4, -0.2) is 197 Å². The number of sulfonamides is 1. The smallest absolute Gasteiger partial charge is 0.444 e. The normalized spacial score (nSPS) is 14.3. The molecular formula is C84H87BBrCl11N14O9S2. The zero-order chi connectivity index (χ0) is 87.3. The summed E-state index contributed by atoms with van der Waals surface area (Å²) in [7, 11) is -2.43. The maximum atomic E-state index is 12.2. The number of piperidine rings is 2. The first-order chi connectivity index (χ1) is 57.8. The highest BCUT2D eigenvalue weighted by atomic mass is 79.9. The minimum absolute atomic E-state index is 0. The fourth-order valence-corrected chi connectivity index (χ4v) is 17.4. The standard InChI is InChI=1S/C20H18Cl2N4O2S.2C19H17Cl2N3.C17H20BrClN4O2.C6H6BClO2.C2H4Cl2O2S.CH4O.ClH/c1-2-29(27,28)26-9-7-25(8-10-26)20-17-11-16(14-3-5-15(21)6-4-14)18(22)12-19(17)23-13-24-20;2*20-14-6-4-13(5-7-14)15-10-16-18(11-17(15)21)22-12-23-19(16)24-8-2-1-3-9-24;1-17(2,3)25-16(24)23-6-4-22(5-7-23)15-11-8-12(18)13(19)9-14(11)20-10-21-15;8-6-3-1-5(2-4-6)7(9)10;3-1-2-7(4,5)6;1-2;/h2-6,11-13H,1,7-10H2;2*4-7,10-12H,1-3,8-9H2;8-10H,4-7H2,1-3H3;1-4,9-10H;1-2H2;2H,1H3;1H. The quantitative estimate of drug-likeness (QED) is 0.0582. The van der Waals surface area contributed by atoms with Crippen molar-refractivity contribution < 1.29 is 41.5 Å². The summed E-state index contributed by atoms with van der Waals surface area (Å²) in [5.41, 5.74) is 9.11. The number of fused-ring (bicyclic) bond motifs is 4. The molecule has 8 heterocycles. The molecule has 0 spiro atoms. The lowest BCUT2D eigenvalue weighted by Crippen LogP contribution is -2.50. The number of rotatable bonds is 12. The molecule has 8 aromatic carbocycles. The second kappa shape index (κ2) is 46.3. The highest BCUT2D eigenvalue weighted by Crippen LogP contribution is 2.40. The van der Waals surface area contributed by atoms with E-state index in [0.717, 1.165) is 143 Å². The molecule has 122 heavy (non-hydrogen) atoms. The van der Waals surface area contributed by atoms with Gasteiger partial charge in [-0.15, -0.1) is 24.0 Å². The van der Waals surface area contributed by atoms with Crippen LogP contribution < -0.4 is 25.1 Å². The first-order valence-electron chi connectivity index (χ1n) is 38.2. The molecule has 0 aliphatic carbocycles. The van der Waals surface area contributed by atoms with Crippen LogP contribution in [0, 0.1) is 0 Å². The average molecular weight is 1980 g/mol. The molecule has 12 aromatic rings. The minimum Gasteiger partial charge on any atom is -0.444 e. The number of carbonyl (C=O) groups excluding carboxylic acids is 1. The van der Waals surface area contributed by atoms with Gasteiger partial charge in [-0.1, -0.05) is 148 Å². The van der Waals surface area contributed by atoms with Gasteiger partial charge in [0.2, 0.25) is 19.1 Å². The Kier molecular flexibility index (Phi) is 37.4. The minimum atomic E-state index is -3.41. The molecule has 38 heteroatoms. The van der Waals surface area contributed by atoms with E-state index in [1.54, 1.807) is 48.1 Å². The maximum Gasteiger partial charge on any atom is 0.488 e. The lowest BCUT2D eigenvalue weighted by molar-refractivity contribution is 0.0240. The van der Waals surface area contributed by atoms with Gasteiger partial charge in [0.1, 0.15) is 54.2 Å². The van der Waals surface area contributed by atoms with Gasteiger partial charge in [0.05, 0.1) is 47.9 Å². The summed E-state index contributed by atoms with van der Waals surface area (Å²) in [5, 5.41) is 34.4.